The molecule has 1 fully saturated rings. The molecule has 3 nitrogen and oxygen atoms in total. The van der Waals surface area contributed by atoms with Crippen LogP contribution in [-0.2, 0) is 0 Å². The van der Waals surface area contributed by atoms with E-state index in [1.54, 1.807) is 0 Å². The fourth-order valence-electron chi connectivity index (χ4n) is 2.00. The Hall–Kier alpha value is -0.990. The zero-order valence-electron chi connectivity index (χ0n) is 9.74. The molecule has 1 N–H and O–H groups in total. The van der Waals surface area contributed by atoms with E-state index in [0.29, 0.717) is 12.1 Å². The zero-order chi connectivity index (χ0) is 10.7. The molecule has 1 aromatic rings. The first kappa shape index (κ1) is 10.5. The molecule has 3 heteroatoms. The molecule has 0 saturated heterocycles. The number of anilines is 1. The average molecular weight is 207 g/mol. The number of nitrogens with one attached hydrogen (secondary N) is 1. The summed E-state index contributed by atoms with van der Waals surface area (Å²) in [5.41, 5.74) is 0. The molecule has 1 unspecified atom stereocenters. The molecular weight excluding hydrogens is 186 g/mol. The Morgan fingerprint density at radius 1 is 1.53 bits per heavy atom. The van der Waals surface area contributed by atoms with Crippen molar-refractivity contribution in [1.29, 1.82) is 0 Å². The standard InChI is InChI=1S/C12H21N3/c1-3-5-11(4-2)15-9-8-13-12(15)14-10-6-7-10/h8-11H,3-7H2,1-2H3,(H,13,14). The maximum atomic E-state index is 4.40. The summed E-state index contributed by atoms with van der Waals surface area (Å²) in [5.74, 6) is 1.07. The van der Waals surface area contributed by atoms with Gasteiger partial charge in [-0.05, 0) is 25.7 Å². The first-order valence-corrected chi connectivity index (χ1v) is 6.14. The third-order valence-corrected chi connectivity index (χ3v) is 3.07. The second-order valence-corrected chi connectivity index (χ2v) is 4.43. The summed E-state index contributed by atoms with van der Waals surface area (Å²) in [6.45, 7) is 4.49. The van der Waals surface area contributed by atoms with Crippen LogP contribution in [0.3, 0.4) is 0 Å². The highest BCUT2D eigenvalue weighted by Gasteiger charge is 2.23. The van der Waals surface area contributed by atoms with E-state index >= 15 is 0 Å². The van der Waals surface area contributed by atoms with Crippen LogP contribution in [0.1, 0.15) is 52.0 Å². The van der Waals surface area contributed by atoms with Crippen molar-refractivity contribution in [2.75, 3.05) is 5.32 Å². The summed E-state index contributed by atoms with van der Waals surface area (Å²) >= 11 is 0. The average Bonchev–Trinajstić information content (AvgIpc) is 2.93. The van der Waals surface area contributed by atoms with Gasteiger partial charge in [-0.3, -0.25) is 0 Å². The number of hydrogen-bond donors (Lipinski definition) is 1. The van der Waals surface area contributed by atoms with Crippen molar-refractivity contribution in [1.82, 2.24) is 9.55 Å². The summed E-state index contributed by atoms with van der Waals surface area (Å²) in [6, 6.07) is 1.30. The lowest BCUT2D eigenvalue weighted by Gasteiger charge is -2.18. The molecule has 0 radical (unpaired) electrons. The quantitative estimate of drug-likeness (QED) is 0.776. The molecule has 1 heterocycles. The van der Waals surface area contributed by atoms with Gasteiger partial charge in [0, 0.05) is 24.5 Å². The number of rotatable bonds is 6. The zero-order valence-corrected chi connectivity index (χ0v) is 9.74. The fraction of sp³-hybridized carbons (Fsp3) is 0.750. The highest BCUT2D eigenvalue weighted by atomic mass is 15.2. The molecule has 84 valence electrons. The topological polar surface area (TPSA) is 29.9 Å². The van der Waals surface area contributed by atoms with Crippen molar-refractivity contribution >= 4 is 5.95 Å². The summed E-state index contributed by atoms with van der Waals surface area (Å²) in [7, 11) is 0. The lowest BCUT2D eigenvalue weighted by atomic mass is 10.1. The molecule has 0 spiro atoms. The second kappa shape index (κ2) is 4.69. The van der Waals surface area contributed by atoms with Gasteiger partial charge in [-0.15, -0.1) is 0 Å². The normalized spacial score (nSPS) is 17.7. The van der Waals surface area contributed by atoms with Crippen molar-refractivity contribution < 1.29 is 0 Å². The molecular formula is C12H21N3. The van der Waals surface area contributed by atoms with E-state index in [0.717, 1.165) is 5.95 Å². The highest BCUT2D eigenvalue weighted by molar-refractivity contribution is 5.30. The van der Waals surface area contributed by atoms with Crippen molar-refractivity contribution in [3.05, 3.63) is 12.4 Å². The molecule has 15 heavy (non-hydrogen) atoms. The van der Waals surface area contributed by atoms with Crippen LogP contribution in [-0.4, -0.2) is 15.6 Å². The number of hydrogen-bond acceptors (Lipinski definition) is 2. The Labute approximate surface area is 91.9 Å². The van der Waals surface area contributed by atoms with Crippen LogP contribution in [0.2, 0.25) is 0 Å². The maximum Gasteiger partial charge on any atom is 0.203 e. The van der Waals surface area contributed by atoms with Crippen molar-refractivity contribution in [3.63, 3.8) is 0 Å². The number of nitrogens with zero attached hydrogens (tertiary/aromatic N) is 2. The molecule has 0 bridgehead atoms. The minimum Gasteiger partial charge on any atom is -0.353 e. The van der Waals surface area contributed by atoms with Crippen LogP contribution in [0.25, 0.3) is 0 Å². The van der Waals surface area contributed by atoms with Gasteiger partial charge in [0.05, 0.1) is 0 Å². The lowest BCUT2D eigenvalue weighted by molar-refractivity contribution is 0.451. The van der Waals surface area contributed by atoms with Gasteiger partial charge in [-0.25, -0.2) is 4.98 Å². The second-order valence-electron chi connectivity index (χ2n) is 4.43. The van der Waals surface area contributed by atoms with E-state index in [1.807, 2.05) is 6.20 Å². The predicted octanol–water partition coefficient (Wildman–Crippen LogP) is 3.21. The smallest absolute Gasteiger partial charge is 0.203 e. The van der Waals surface area contributed by atoms with E-state index in [1.165, 1.54) is 32.1 Å². The SMILES string of the molecule is CCCC(CC)n1ccnc1NC1CC1. The van der Waals surface area contributed by atoms with Gasteiger partial charge in [0.1, 0.15) is 0 Å². The molecule has 2 rings (SSSR count). The highest BCUT2D eigenvalue weighted by Crippen LogP contribution is 2.27. The molecule has 0 aliphatic heterocycles. The summed E-state index contributed by atoms with van der Waals surface area (Å²) in [4.78, 5) is 4.40. The third-order valence-electron chi connectivity index (χ3n) is 3.07. The molecule has 0 amide bonds. The van der Waals surface area contributed by atoms with E-state index in [4.69, 9.17) is 0 Å². The minimum atomic E-state index is 0.610. The largest absolute Gasteiger partial charge is 0.353 e. The van der Waals surface area contributed by atoms with Gasteiger partial charge in [-0.2, -0.15) is 0 Å². The molecule has 1 saturated carbocycles. The predicted molar refractivity (Wildman–Crippen MR) is 63.1 cm³/mol. The van der Waals surface area contributed by atoms with E-state index < -0.39 is 0 Å². The Morgan fingerprint density at radius 3 is 2.93 bits per heavy atom. The van der Waals surface area contributed by atoms with Crippen LogP contribution in [0.4, 0.5) is 5.95 Å². The molecule has 1 aromatic heterocycles. The molecule has 1 atom stereocenters. The van der Waals surface area contributed by atoms with Gasteiger partial charge >= 0.3 is 0 Å². The van der Waals surface area contributed by atoms with Gasteiger partial charge in [-0.1, -0.05) is 20.3 Å². The first-order chi connectivity index (χ1) is 7.35. The van der Waals surface area contributed by atoms with Gasteiger partial charge in [0.2, 0.25) is 5.95 Å². The first-order valence-electron chi connectivity index (χ1n) is 6.14. The Balaban J connectivity index is 2.06. The van der Waals surface area contributed by atoms with Crippen molar-refractivity contribution in [2.45, 2.75) is 58.0 Å². The Kier molecular flexibility index (Phi) is 3.29. The number of aromatic nitrogens is 2. The van der Waals surface area contributed by atoms with Crippen LogP contribution in [0.5, 0.6) is 0 Å². The summed E-state index contributed by atoms with van der Waals surface area (Å²) in [5, 5.41) is 3.49. The van der Waals surface area contributed by atoms with Gasteiger partial charge < -0.3 is 9.88 Å². The summed E-state index contributed by atoms with van der Waals surface area (Å²) < 4.78 is 2.31. The van der Waals surface area contributed by atoms with Crippen molar-refractivity contribution in [3.8, 4) is 0 Å². The van der Waals surface area contributed by atoms with E-state index in [2.05, 4.69) is 34.9 Å². The maximum absolute atomic E-state index is 4.40. The lowest BCUT2D eigenvalue weighted by Crippen LogP contribution is -2.13. The minimum absolute atomic E-state index is 0.610. The van der Waals surface area contributed by atoms with Crippen molar-refractivity contribution in [2.24, 2.45) is 0 Å². The van der Waals surface area contributed by atoms with E-state index in [-0.39, 0.29) is 0 Å². The molecule has 0 aromatic carbocycles. The van der Waals surface area contributed by atoms with Crippen LogP contribution < -0.4 is 5.32 Å². The van der Waals surface area contributed by atoms with Crippen LogP contribution in [0, 0.1) is 0 Å². The molecule has 1 aliphatic carbocycles. The third kappa shape index (κ3) is 2.52. The van der Waals surface area contributed by atoms with Gasteiger partial charge in [0.15, 0.2) is 0 Å². The van der Waals surface area contributed by atoms with Crippen LogP contribution in [0.15, 0.2) is 12.4 Å². The summed E-state index contributed by atoms with van der Waals surface area (Å²) in [6.07, 6.45) is 10.3. The van der Waals surface area contributed by atoms with E-state index in [9.17, 15) is 0 Å². The Bertz CT molecular complexity index is 302. The Morgan fingerprint density at radius 2 is 2.33 bits per heavy atom. The van der Waals surface area contributed by atoms with Gasteiger partial charge in [0.25, 0.3) is 0 Å². The van der Waals surface area contributed by atoms with Crippen LogP contribution >= 0.6 is 0 Å². The fourth-order valence-corrected chi connectivity index (χ4v) is 2.00. The monoisotopic (exact) mass is 207 g/mol. The number of imidazole rings is 1. The molecule has 1 aliphatic rings.